The fourth-order valence-electron chi connectivity index (χ4n) is 2.49. The van der Waals surface area contributed by atoms with Crippen molar-refractivity contribution < 1.29 is 14.2 Å². The zero-order valence-corrected chi connectivity index (χ0v) is 19.9. The number of guanidine groups is 1. The van der Waals surface area contributed by atoms with Crippen molar-refractivity contribution >= 4 is 29.9 Å². The third kappa shape index (κ3) is 8.86. The molecule has 2 aromatic rings. The molecule has 0 saturated carbocycles. The van der Waals surface area contributed by atoms with Gasteiger partial charge in [0.2, 0.25) is 5.88 Å². The minimum atomic E-state index is 0. The fraction of sp³-hybridized carbons (Fsp3) is 0.429. The molecular weight excluding hydrogens is 483 g/mol. The number of pyridine rings is 1. The summed E-state index contributed by atoms with van der Waals surface area (Å²) in [5.74, 6) is 2.19. The molecule has 0 radical (unpaired) electrons. The predicted molar refractivity (Wildman–Crippen MR) is 126 cm³/mol. The summed E-state index contributed by atoms with van der Waals surface area (Å²) in [5, 5.41) is 6.62. The summed E-state index contributed by atoms with van der Waals surface area (Å²) in [6, 6.07) is 9.98. The van der Waals surface area contributed by atoms with E-state index in [1.54, 1.807) is 20.4 Å². The number of rotatable bonds is 10. The van der Waals surface area contributed by atoms with E-state index in [-0.39, 0.29) is 24.0 Å². The van der Waals surface area contributed by atoms with E-state index < -0.39 is 0 Å². The number of hydrogen-bond acceptors (Lipinski definition) is 5. The van der Waals surface area contributed by atoms with Crippen LogP contribution in [0.15, 0.2) is 41.5 Å². The second-order valence-corrected chi connectivity index (χ2v) is 6.21. The molecule has 1 aromatic carbocycles. The maximum atomic E-state index is 5.86. The number of aromatic nitrogens is 1. The van der Waals surface area contributed by atoms with E-state index in [1.165, 1.54) is 0 Å². The highest BCUT2D eigenvalue weighted by Crippen LogP contribution is 2.20. The topological polar surface area (TPSA) is 77.0 Å². The molecule has 1 aromatic heterocycles. The minimum absolute atomic E-state index is 0. The Balaban J connectivity index is 0.00000420. The SMILES string of the molecule is CCNC(=NCc1ccc(OC)nc1)NCc1ccc(C)cc1OCCOC.I. The molecule has 2 rings (SSSR count). The standard InChI is InChI=1S/C21H30N4O3.HI/c1-5-22-21(24-14-17-7-9-20(27-4)23-13-17)25-15-18-8-6-16(2)12-19(18)28-11-10-26-3;/h6-9,12-13H,5,10-11,14-15H2,1-4H3,(H2,22,24,25);1H. The van der Waals surface area contributed by atoms with E-state index in [4.69, 9.17) is 14.2 Å². The van der Waals surface area contributed by atoms with Gasteiger partial charge in [-0.25, -0.2) is 9.98 Å². The van der Waals surface area contributed by atoms with E-state index in [1.807, 2.05) is 25.1 Å². The van der Waals surface area contributed by atoms with Gasteiger partial charge < -0.3 is 24.8 Å². The molecule has 160 valence electrons. The number of halogens is 1. The summed E-state index contributed by atoms with van der Waals surface area (Å²) in [7, 11) is 3.27. The van der Waals surface area contributed by atoms with Gasteiger partial charge in [0.25, 0.3) is 0 Å². The summed E-state index contributed by atoms with van der Waals surface area (Å²) >= 11 is 0. The first-order chi connectivity index (χ1) is 13.7. The second kappa shape index (κ2) is 14.0. The maximum Gasteiger partial charge on any atom is 0.212 e. The average molecular weight is 514 g/mol. The molecule has 0 amide bonds. The van der Waals surface area contributed by atoms with Crippen molar-refractivity contribution in [3.63, 3.8) is 0 Å². The van der Waals surface area contributed by atoms with Crippen LogP contribution in [0.1, 0.15) is 23.6 Å². The van der Waals surface area contributed by atoms with Gasteiger partial charge in [-0.3, -0.25) is 0 Å². The van der Waals surface area contributed by atoms with Gasteiger partial charge in [0.05, 0.1) is 20.3 Å². The number of aliphatic imine (C=N–C) groups is 1. The molecule has 0 aliphatic heterocycles. The Hall–Kier alpha value is -2.07. The summed E-state index contributed by atoms with van der Waals surface area (Å²) in [6.45, 7) is 7.07. The Morgan fingerprint density at radius 1 is 1.10 bits per heavy atom. The fourth-order valence-corrected chi connectivity index (χ4v) is 2.49. The number of aryl methyl sites for hydroxylation is 1. The van der Waals surface area contributed by atoms with E-state index in [0.29, 0.717) is 32.2 Å². The molecule has 0 spiro atoms. The molecule has 1 heterocycles. The van der Waals surface area contributed by atoms with Gasteiger partial charge in [0.15, 0.2) is 5.96 Å². The normalized spacial score (nSPS) is 10.8. The van der Waals surface area contributed by atoms with Crippen molar-refractivity contribution in [2.45, 2.75) is 26.9 Å². The summed E-state index contributed by atoms with van der Waals surface area (Å²) in [6.07, 6.45) is 1.77. The smallest absolute Gasteiger partial charge is 0.212 e. The molecule has 2 N–H and O–H groups in total. The molecule has 7 nitrogen and oxygen atoms in total. The Morgan fingerprint density at radius 3 is 2.59 bits per heavy atom. The lowest BCUT2D eigenvalue weighted by molar-refractivity contribution is 0.145. The van der Waals surface area contributed by atoms with Crippen molar-refractivity contribution in [2.75, 3.05) is 34.0 Å². The monoisotopic (exact) mass is 514 g/mol. The Kier molecular flexibility index (Phi) is 12.1. The molecule has 0 aliphatic carbocycles. The Bertz CT molecular complexity index is 754. The van der Waals surface area contributed by atoms with E-state index >= 15 is 0 Å². The number of nitrogens with one attached hydrogen (secondary N) is 2. The van der Waals surface area contributed by atoms with Crippen molar-refractivity contribution in [1.82, 2.24) is 15.6 Å². The third-order valence-electron chi connectivity index (χ3n) is 3.98. The molecule has 0 aliphatic rings. The van der Waals surface area contributed by atoms with Crippen LogP contribution in [-0.2, 0) is 17.8 Å². The maximum absolute atomic E-state index is 5.86. The Morgan fingerprint density at radius 2 is 1.93 bits per heavy atom. The molecule has 0 saturated heterocycles. The number of benzene rings is 1. The molecule has 29 heavy (non-hydrogen) atoms. The van der Waals surface area contributed by atoms with Crippen LogP contribution in [0.2, 0.25) is 0 Å². The zero-order chi connectivity index (χ0) is 20.2. The summed E-state index contributed by atoms with van der Waals surface area (Å²) in [5.41, 5.74) is 3.24. The first kappa shape index (κ1) is 25.0. The van der Waals surface area contributed by atoms with Crippen LogP contribution >= 0.6 is 24.0 Å². The first-order valence-electron chi connectivity index (χ1n) is 9.38. The molecule has 0 atom stereocenters. The van der Waals surface area contributed by atoms with Gasteiger partial charge in [0, 0.05) is 38.0 Å². The lowest BCUT2D eigenvalue weighted by Gasteiger charge is -2.15. The highest BCUT2D eigenvalue weighted by Gasteiger charge is 2.06. The van der Waals surface area contributed by atoms with Crippen LogP contribution in [-0.4, -0.2) is 44.9 Å². The quantitative estimate of drug-likeness (QED) is 0.219. The largest absolute Gasteiger partial charge is 0.491 e. The molecule has 0 unspecified atom stereocenters. The van der Waals surface area contributed by atoms with Gasteiger partial charge in [-0.05, 0) is 31.0 Å². The molecule has 8 heteroatoms. The predicted octanol–water partition coefficient (Wildman–Crippen LogP) is 3.30. The second-order valence-electron chi connectivity index (χ2n) is 6.21. The zero-order valence-electron chi connectivity index (χ0n) is 17.5. The van der Waals surface area contributed by atoms with Crippen LogP contribution in [0.3, 0.4) is 0 Å². The van der Waals surface area contributed by atoms with Crippen LogP contribution in [0, 0.1) is 6.92 Å². The van der Waals surface area contributed by atoms with Crippen molar-refractivity contribution in [3.8, 4) is 11.6 Å². The van der Waals surface area contributed by atoms with Gasteiger partial charge in [-0.2, -0.15) is 0 Å². The minimum Gasteiger partial charge on any atom is -0.491 e. The molecule has 0 bridgehead atoms. The van der Waals surface area contributed by atoms with Gasteiger partial charge in [-0.1, -0.05) is 18.2 Å². The number of hydrogen-bond donors (Lipinski definition) is 2. The molecular formula is C21H31IN4O3. The third-order valence-corrected chi connectivity index (χ3v) is 3.98. The number of methoxy groups -OCH3 is 2. The van der Waals surface area contributed by atoms with Gasteiger partial charge >= 0.3 is 0 Å². The first-order valence-corrected chi connectivity index (χ1v) is 9.38. The summed E-state index contributed by atoms with van der Waals surface area (Å²) in [4.78, 5) is 8.84. The van der Waals surface area contributed by atoms with Gasteiger partial charge in [0.1, 0.15) is 12.4 Å². The Labute approximate surface area is 190 Å². The van der Waals surface area contributed by atoms with E-state index in [2.05, 4.69) is 39.7 Å². The van der Waals surface area contributed by atoms with Gasteiger partial charge in [-0.15, -0.1) is 24.0 Å². The van der Waals surface area contributed by atoms with Crippen molar-refractivity contribution in [1.29, 1.82) is 0 Å². The van der Waals surface area contributed by atoms with Crippen LogP contribution < -0.4 is 20.1 Å². The van der Waals surface area contributed by atoms with Crippen LogP contribution in [0.4, 0.5) is 0 Å². The van der Waals surface area contributed by atoms with E-state index in [0.717, 1.165) is 34.9 Å². The van der Waals surface area contributed by atoms with Crippen molar-refractivity contribution in [3.05, 3.63) is 53.2 Å². The van der Waals surface area contributed by atoms with E-state index in [9.17, 15) is 0 Å². The summed E-state index contributed by atoms with van der Waals surface area (Å²) < 4.78 is 16.0. The average Bonchev–Trinajstić information content (AvgIpc) is 2.71. The number of nitrogens with zero attached hydrogens (tertiary/aromatic N) is 2. The lowest BCUT2D eigenvalue weighted by atomic mass is 10.1. The highest BCUT2D eigenvalue weighted by atomic mass is 127. The van der Waals surface area contributed by atoms with Crippen LogP contribution in [0.25, 0.3) is 0 Å². The lowest BCUT2D eigenvalue weighted by Crippen LogP contribution is -2.36. The highest BCUT2D eigenvalue weighted by molar-refractivity contribution is 14.0. The molecule has 0 fully saturated rings. The van der Waals surface area contributed by atoms with Crippen molar-refractivity contribution in [2.24, 2.45) is 4.99 Å². The van der Waals surface area contributed by atoms with Crippen LogP contribution in [0.5, 0.6) is 11.6 Å². The number of ether oxygens (including phenoxy) is 3.